The van der Waals surface area contributed by atoms with Gasteiger partial charge in [-0.1, -0.05) is 15.9 Å². The number of nitrogens with zero attached hydrogens (tertiary/aromatic N) is 1. The van der Waals surface area contributed by atoms with Crippen LogP contribution >= 0.6 is 31.9 Å². The van der Waals surface area contributed by atoms with E-state index in [1.807, 2.05) is 7.05 Å². The topological polar surface area (TPSA) is 24.9 Å². The normalized spacial score (nSPS) is 14.6. The molecule has 0 unspecified atom stereocenters. The summed E-state index contributed by atoms with van der Waals surface area (Å²) >= 11 is 7.18. The molecule has 1 aromatic carbocycles. The van der Waals surface area contributed by atoms with Gasteiger partial charge in [0.1, 0.15) is 0 Å². The van der Waals surface area contributed by atoms with Gasteiger partial charge in [-0.2, -0.15) is 0 Å². The minimum absolute atomic E-state index is 1.05. The highest BCUT2D eigenvalue weighted by atomic mass is 79.9. The number of hydrogen-bond acceptors (Lipinski definition) is 2. The maximum atomic E-state index is 4.86. The van der Waals surface area contributed by atoms with E-state index in [-0.39, 0.29) is 0 Å². The van der Waals surface area contributed by atoms with Crippen LogP contribution in [0.15, 0.2) is 21.1 Å². The van der Waals surface area contributed by atoms with Crippen molar-refractivity contribution in [3.63, 3.8) is 0 Å². The molecule has 1 aromatic heterocycles. The number of rotatable bonds is 1. The molecule has 2 aromatic rings. The molecule has 0 radical (unpaired) electrons. The molecule has 1 heterocycles. The summed E-state index contributed by atoms with van der Waals surface area (Å²) in [6.45, 7) is 0. The summed E-state index contributed by atoms with van der Waals surface area (Å²) in [5, 5.41) is 4.56. The summed E-state index contributed by atoms with van der Waals surface area (Å²) in [7, 11) is 2.00. The molecule has 2 nitrogen and oxygen atoms in total. The highest BCUT2D eigenvalue weighted by molar-refractivity contribution is 9.11. The first-order valence-electron chi connectivity index (χ1n) is 6.19. The third kappa shape index (κ3) is 1.95. The number of anilines is 1. The van der Waals surface area contributed by atoms with Gasteiger partial charge in [0.15, 0.2) is 0 Å². The average molecular weight is 370 g/mol. The number of nitrogens with one attached hydrogen (secondary N) is 1. The fourth-order valence-electron chi connectivity index (χ4n) is 2.74. The first-order chi connectivity index (χ1) is 8.70. The summed E-state index contributed by atoms with van der Waals surface area (Å²) in [5.41, 5.74) is 4.97. The van der Waals surface area contributed by atoms with Crippen LogP contribution in [-0.4, -0.2) is 12.0 Å². The van der Waals surface area contributed by atoms with E-state index in [0.29, 0.717) is 0 Å². The Kier molecular flexibility index (Phi) is 3.32. The molecular formula is C14H14Br2N2. The molecule has 1 aliphatic carbocycles. The Balaban J connectivity index is 2.40. The van der Waals surface area contributed by atoms with Crippen molar-refractivity contribution < 1.29 is 0 Å². The zero-order chi connectivity index (χ0) is 12.7. The van der Waals surface area contributed by atoms with Gasteiger partial charge in [-0.25, -0.2) is 0 Å². The fourth-order valence-corrected chi connectivity index (χ4v) is 4.05. The van der Waals surface area contributed by atoms with Crippen LogP contribution in [0.3, 0.4) is 0 Å². The summed E-state index contributed by atoms with van der Waals surface area (Å²) in [4.78, 5) is 4.86. The molecule has 0 spiro atoms. The number of aryl methyl sites for hydroxylation is 1. The molecule has 94 valence electrons. The van der Waals surface area contributed by atoms with E-state index in [1.165, 1.54) is 35.2 Å². The lowest BCUT2D eigenvalue weighted by Crippen LogP contribution is -2.09. The molecule has 0 atom stereocenters. The van der Waals surface area contributed by atoms with Gasteiger partial charge in [-0.15, -0.1) is 0 Å². The number of aromatic nitrogens is 1. The monoisotopic (exact) mass is 368 g/mol. The van der Waals surface area contributed by atoms with Crippen molar-refractivity contribution in [2.24, 2.45) is 0 Å². The molecular weight excluding hydrogens is 356 g/mol. The van der Waals surface area contributed by atoms with E-state index in [2.05, 4.69) is 49.3 Å². The number of benzene rings is 1. The zero-order valence-corrected chi connectivity index (χ0v) is 13.4. The third-order valence-electron chi connectivity index (χ3n) is 3.53. The molecule has 0 fully saturated rings. The molecule has 0 aliphatic heterocycles. The van der Waals surface area contributed by atoms with Crippen molar-refractivity contribution in [3.8, 4) is 0 Å². The van der Waals surface area contributed by atoms with Crippen molar-refractivity contribution in [1.29, 1.82) is 0 Å². The lowest BCUT2D eigenvalue weighted by molar-refractivity contribution is 0.672. The van der Waals surface area contributed by atoms with Crippen LogP contribution in [0.4, 0.5) is 5.69 Å². The van der Waals surface area contributed by atoms with E-state index in [9.17, 15) is 0 Å². The number of halogens is 2. The SMILES string of the molecule is CNc1c2c(nc3c(Br)cc(Br)cc13)CCCC2. The van der Waals surface area contributed by atoms with Gasteiger partial charge in [0.05, 0.1) is 5.52 Å². The van der Waals surface area contributed by atoms with Gasteiger partial charge < -0.3 is 5.32 Å². The Morgan fingerprint density at radius 1 is 1.17 bits per heavy atom. The summed E-state index contributed by atoms with van der Waals surface area (Å²) in [6.07, 6.45) is 4.76. The van der Waals surface area contributed by atoms with E-state index < -0.39 is 0 Å². The Hall–Kier alpha value is -0.610. The van der Waals surface area contributed by atoms with E-state index in [1.54, 1.807) is 0 Å². The number of pyridine rings is 1. The summed E-state index contributed by atoms with van der Waals surface area (Å²) in [5.74, 6) is 0. The zero-order valence-electron chi connectivity index (χ0n) is 10.2. The van der Waals surface area contributed by atoms with E-state index in [4.69, 9.17) is 4.98 Å². The van der Waals surface area contributed by atoms with Crippen molar-refractivity contribution >= 4 is 48.5 Å². The molecule has 1 N–H and O–H groups in total. The molecule has 0 saturated carbocycles. The predicted molar refractivity (Wildman–Crippen MR) is 83.3 cm³/mol. The standard InChI is InChI=1S/C14H14Br2N2/c1-17-13-9-4-2-3-5-12(9)18-14-10(13)6-8(15)7-11(14)16/h6-7H,2-5H2,1H3,(H,17,18). The smallest absolute Gasteiger partial charge is 0.0869 e. The maximum Gasteiger partial charge on any atom is 0.0869 e. The van der Waals surface area contributed by atoms with Crippen LogP contribution in [0.1, 0.15) is 24.1 Å². The number of fused-ring (bicyclic) bond motifs is 2. The van der Waals surface area contributed by atoms with Gasteiger partial charge in [-0.3, -0.25) is 4.98 Å². The molecule has 4 heteroatoms. The molecule has 0 amide bonds. The van der Waals surface area contributed by atoms with Crippen LogP contribution in [-0.2, 0) is 12.8 Å². The van der Waals surface area contributed by atoms with Gasteiger partial charge in [0, 0.05) is 32.8 Å². The van der Waals surface area contributed by atoms with E-state index in [0.717, 1.165) is 27.3 Å². The third-order valence-corrected chi connectivity index (χ3v) is 4.60. The predicted octanol–water partition coefficient (Wildman–Crippen LogP) is 4.68. The second-order valence-corrected chi connectivity index (χ2v) is 6.42. The van der Waals surface area contributed by atoms with Crippen molar-refractivity contribution in [2.75, 3.05) is 12.4 Å². The molecule has 0 bridgehead atoms. The maximum absolute atomic E-state index is 4.86. The molecule has 18 heavy (non-hydrogen) atoms. The van der Waals surface area contributed by atoms with Crippen LogP contribution in [0, 0.1) is 0 Å². The Bertz CT molecular complexity index is 623. The second kappa shape index (κ2) is 4.82. The van der Waals surface area contributed by atoms with Crippen molar-refractivity contribution in [2.45, 2.75) is 25.7 Å². The Labute approximate surface area is 123 Å². The Morgan fingerprint density at radius 2 is 1.94 bits per heavy atom. The minimum atomic E-state index is 1.05. The average Bonchev–Trinajstić information content (AvgIpc) is 2.36. The van der Waals surface area contributed by atoms with Crippen LogP contribution in [0.25, 0.3) is 10.9 Å². The first kappa shape index (κ1) is 12.4. The molecule has 1 aliphatic rings. The lowest BCUT2D eigenvalue weighted by Gasteiger charge is -2.21. The second-order valence-electron chi connectivity index (χ2n) is 4.65. The number of hydrogen-bond donors (Lipinski definition) is 1. The van der Waals surface area contributed by atoms with Crippen molar-refractivity contribution in [3.05, 3.63) is 32.3 Å². The van der Waals surface area contributed by atoms with Gasteiger partial charge in [0.2, 0.25) is 0 Å². The van der Waals surface area contributed by atoms with Crippen molar-refractivity contribution in [1.82, 2.24) is 4.98 Å². The minimum Gasteiger partial charge on any atom is -0.387 e. The summed E-state index contributed by atoms with van der Waals surface area (Å²) in [6, 6.07) is 4.21. The van der Waals surface area contributed by atoms with Crippen LogP contribution in [0.5, 0.6) is 0 Å². The first-order valence-corrected chi connectivity index (χ1v) is 7.77. The largest absolute Gasteiger partial charge is 0.387 e. The van der Waals surface area contributed by atoms with Crippen LogP contribution in [0.2, 0.25) is 0 Å². The quantitative estimate of drug-likeness (QED) is 0.789. The highest BCUT2D eigenvalue weighted by Crippen LogP contribution is 2.37. The molecule has 0 saturated heterocycles. The lowest BCUT2D eigenvalue weighted by atomic mass is 9.93. The fraction of sp³-hybridized carbons (Fsp3) is 0.357. The Morgan fingerprint density at radius 3 is 2.72 bits per heavy atom. The van der Waals surface area contributed by atoms with Crippen LogP contribution < -0.4 is 5.32 Å². The van der Waals surface area contributed by atoms with Gasteiger partial charge in [-0.05, 0) is 59.3 Å². The summed E-state index contributed by atoms with van der Waals surface area (Å²) < 4.78 is 2.13. The van der Waals surface area contributed by atoms with E-state index >= 15 is 0 Å². The van der Waals surface area contributed by atoms with Gasteiger partial charge >= 0.3 is 0 Å². The molecule has 3 rings (SSSR count). The highest BCUT2D eigenvalue weighted by Gasteiger charge is 2.18. The van der Waals surface area contributed by atoms with Gasteiger partial charge in [0.25, 0.3) is 0 Å².